The highest BCUT2D eigenvalue weighted by atomic mass is 16.6. The van der Waals surface area contributed by atoms with Crippen molar-refractivity contribution in [3.8, 4) is 5.75 Å². The summed E-state index contributed by atoms with van der Waals surface area (Å²) in [5.41, 5.74) is 0.389. The molecule has 37 heavy (non-hydrogen) atoms. The van der Waals surface area contributed by atoms with Crippen LogP contribution in [-0.2, 0) is 14.3 Å². The van der Waals surface area contributed by atoms with Gasteiger partial charge < -0.3 is 19.1 Å². The predicted molar refractivity (Wildman–Crippen MR) is 146 cm³/mol. The molecule has 3 rings (SSSR count). The predicted octanol–water partition coefficient (Wildman–Crippen LogP) is 6.15. The van der Waals surface area contributed by atoms with Crippen LogP contribution in [0.5, 0.6) is 5.75 Å². The molecule has 0 unspecified atom stereocenters. The van der Waals surface area contributed by atoms with Crippen molar-refractivity contribution in [3.05, 3.63) is 29.8 Å². The Bertz CT molecular complexity index is 871. The summed E-state index contributed by atoms with van der Waals surface area (Å²) in [6.45, 7) is 16.1. The number of nitrogens with zero attached hydrogens (tertiary/aromatic N) is 2. The Balaban J connectivity index is 1.45. The number of benzene rings is 1. The van der Waals surface area contributed by atoms with Crippen LogP contribution in [0.3, 0.4) is 0 Å². The van der Waals surface area contributed by atoms with E-state index < -0.39 is 11.2 Å². The molecule has 0 N–H and O–H groups in total. The maximum absolute atomic E-state index is 12.4. The van der Waals surface area contributed by atoms with E-state index in [0.29, 0.717) is 23.8 Å². The molecule has 0 atom stereocenters. The number of amides is 1. The number of hydrogen-bond acceptors (Lipinski definition) is 6. The Morgan fingerprint density at radius 3 is 1.89 bits per heavy atom. The number of ether oxygens (including phenoxy) is 3. The van der Waals surface area contributed by atoms with E-state index in [1.165, 1.54) is 31.2 Å². The zero-order valence-electron chi connectivity index (χ0n) is 24.0. The monoisotopic (exact) mass is 516 g/mol. The second-order valence-corrected chi connectivity index (χ2v) is 12.5. The molecule has 1 aromatic carbocycles. The van der Waals surface area contributed by atoms with E-state index in [1.54, 1.807) is 0 Å². The van der Waals surface area contributed by atoms with Crippen LogP contribution < -0.4 is 4.74 Å². The molecular formula is C30H48N2O5. The molecule has 1 amide bonds. The molecule has 7 heteroatoms. The molecule has 2 fully saturated rings. The third kappa shape index (κ3) is 9.20. The van der Waals surface area contributed by atoms with Gasteiger partial charge in [-0.1, -0.05) is 19.1 Å². The SMILES string of the molecule is CCN(C1CCN(C(=O)OC(C)(C)C)CC1)[C@H]1CC[C@H](c2ccc(OCC(=O)OC(C)(C)C)cc2)CC1. The molecule has 0 radical (unpaired) electrons. The summed E-state index contributed by atoms with van der Waals surface area (Å²) in [5, 5.41) is 0. The Kier molecular flexibility index (Phi) is 9.90. The van der Waals surface area contributed by atoms with E-state index in [0.717, 1.165) is 32.5 Å². The summed E-state index contributed by atoms with van der Waals surface area (Å²) in [6, 6.07) is 9.34. The third-order valence-electron chi connectivity index (χ3n) is 7.24. The smallest absolute Gasteiger partial charge is 0.410 e. The quantitative estimate of drug-likeness (QED) is 0.405. The van der Waals surface area contributed by atoms with Crippen LogP contribution in [-0.4, -0.2) is 71.4 Å². The lowest BCUT2D eigenvalue weighted by Gasteiger charge is -2.44. The maximum Gasteiger partial charge on any atom is 0.410 e. The highest BCUT2D eigenvalue weighted by molar-refractivity contribution is 5.71. The van der Waals surface area contributed by atoms with Gasteiger partial charge in [0.25, 0.3) is 0 Å². The highest BCUT2D eigenvalue weighted by Crippen LogP contribution is 2.37. The Labute approximate surface area is 223 Å². The molecule has 1 heterocycles. The van der Waals surface area contributed by atoms with E-state index in [2.05, 4.69) is 24.0 Å². The average Bonchev–Trinajstić information content (AvgIpc) is 2.82. The van der Waals surface area contributed by atoms with Gasteiger partial charge in [-0.05, 0) is 110 Å². The van der Waals surface area contributed by atoms with Crippen LogP contribution >= 0.6 is 0 Å². The molecule has 0 spiro atoms. The lowest BCUT2D eigenvalue weighted by atomic mass is 9.80. The molecule has 1 saturated heterocycles. The van der Waals surface area contributed by atoms with Crippen molar-refractivity contribution in [1.29, 1.82) is 0 Å². The van der Waals surface area contributed by atoms with Gasteiger partial charge in [-0.25, -0.2) is 9.59 Å². The number of rotatable bonds is 7. The Morgan fingerprint density at radius 2 is 1.38 bits per heavy atom. The summed E-state index contributed by atoms with van der Waals surface area (Å²) in [7, 11) is 0. The van der Waals surface area contributed by atoms with Crippen LogP contribution in [0.15, 0.2) is 24.3 Å². The van der Waals surface area contributed by atoms with E-state index in [4.69, 9.17) is 14.2 Å². The van der Waals surface area contributed by atoms with Crippen molar-refractivity contribution in [3.63, 3.8) is 0 Å². The molecule has 208 valence electrons. The van der Waals surface area contributed by atoms with Gasteiger partial charge in [0.15, 0.2) is 6.61 Å². The molecule has 1 aliphatic heterocycles. The average molecular weight is 517 g/mol. The number of carbonyl (C=O) groups excluding carboxylic acids is 2. The first-order valence-corrected chi connectivity index (χ1v) is 14.0. The van der Waals surface area contributed by atoms with Crippen molar-refractivity contribution < 1.29 is 23.8 Å². The van der Waals surface area contributed by atoms with Crippen LogP contribution in [0.2, 0.25) is 0 Å². The number of carbonyl (C=O) groups is 2. The molecule has 1 aromatic rings. The molecule has 1 aliphatic carbocycles. The lowest BCUT2D eigenvalue weighted by Crippen LogP contribution is -2.51. The summed E-state index contributed by atoms with van der Waals surface area (Å²) in [5.74, 6) is 0.896. The lowest BCUT2D eigenvalue weighted by molar-refractivity contribution is -0.157. The number of likely N-dealkylation sites (tertiary alicyclic amines) is 1. The van der Waals surface area contributed by atoms with Gasteiger partial charge in [0.2, 0.25) is 0 Å². The van der Waals surface area contributed by atoms with E-state index in [-0.39, 0.29) is 18.7 Å². The minimum Gasteiger partial charge on any atom is -0.482 e. The molecule has 7 nitrogen and oxygen atoms in total. The maximum atomic E-state index is 12.4. The number of hydrogen-bond donors (Lipinski definition) is 0. The molecule has 0 bridgehead atoms. The summed E-state index contributed by atoms with van der Waals surface area (Å²) < 4.78 is 16.5. The van der Waals surface area contributed by atoms with Gasteiger partial charge in [-0.15, -0.1) is 0 Å². The summed E-state index contributed by atoms with van der Waals surface area (Å²) in [4.78, 5) is 28.9. The van der Waals surface area contributed by atoms with Gasteiger partial charge in [0.1, 0.15) is 17.0 Å². The fourth-order valence-electron chi connectivity index (χ4n) is 5.61. The number of esters is 1. The summed E-state index contributed by atoms with van der Waals surface area (Å²) in [6.07, 6.45) is 6.58. The molecular weight excluding hydrogens is 468 g/mol. The van der Waals surface area contributed by atoms with Gasteiger partial charge in [-0.3, -0.25) is 4.90 Å². The fourth-order valence-corrected chi connectivity index (χ4v) is 5.61. The molecule has 1 saturated carbocycles. The highest BCUT2D eigenvalue weighted by Gasteiger charge is 2.33. The van der Waals surface area contributed by atoms with Gasteiger partial charge in [0, 0.05) is 25.2 Å². The first kappa shape index (κ1) is 29.3. The minimum absolute atomic E-state index is 0.0781. The largest absolute Gasteiger partial charge is 0.482 e. The molecule has 2 aliphatic rings. The van der Waals surface area contributed by atoms with Crippen LogP contribution in [0.4, 0.5) is 4.79 Å². The second kappa shape index (κ2) is 12.5. The second-order valence-electron chi connectivity index (χ2n) is 12.5. The first-order chi connectivity index (χ1) is 17.3. The number of piperidine rings is 1. The van der Waals surface area contributed by atoms with Gasteiger partial charge in [0.05, 0.1) is 0 Å². The van der Waals surface area contributed by atoms with Crippen molar-refractivity contribution in [2.75, 3.05) is 26.2 Å². The van der Waals surface area contributed by atoms with E-state index >= 15 is 0 Å². The van der Waals surface area contributed by atoms with E-state index in [1.807, 2.05) is 58.6 Å². The normalized spacial score (nSPS) is 21.6. The zero-order chi connectivity index (χ0) is 27.2. The topological polar surface area (TPSA) is 68.3 Å². The first-order valence-electron chi connectivity index (χ1n) is 14.0. The molecule has 0 aromatic heterocycles. The van der Waals surface area contributed by atoms with Crippen LogP contribution in [0, 0.1) is 0 Å². The zero-order valence-corrected chi connectivity index (χ0v) is 24.0. The third-order valence-corrected chi connectivity index (χ3v) is 7.24. The Hall–Kier alpha value is -2.28. The van der Waals surface area contributed by atoms with Gasteiger partial charge >= 0.3 is 12.1 Å². The standard InChI is InChI=1S/C30H48N2O5/c1-8-32(25-17-19-31(20-18-25)28(34)37-30(5,6)7)24-13-9-22(10-14-24)23-11-15-26(16-12-23)35-21-27(33)36-29(2,3)4/h11-12,15-16,22,24-25H,8-10,13-14,17-21H2,1-7H3/t22-,24-. The van der Waals surface area contributed by atoms with E-state index in [9.17, 15) is 9.59 Å². The fraction of sp³-hybridized carbons (Fsp3) is 0.733. The van der Waals surface area contributed by atoms with Crippen LogP contribution in [0.25, 0.3) is 0 Å². The van der Waals surface area contributed by atoms with Gasteiger partial charge in [-0.2, -0.15) is 0 Å². The van der Waals surface area contributed by atoms with Crippen molar-refractivity contribution in [2.45, 2.75) is 116 Å². The minimum atomic E-state index is -0.506. The van der Waals surface area contributed by atoms with Crippen molar-refractivity contribution in [2.24, 2.45) is 0 Å². The Morgan fingerprint density at radius 1 is 0.838 bits per heavy atom. The van der Waals surface area contributed by atoms with Crippen molar-refractivity contribution >= 4 is 12.1 Å². The van der Waals surface area contributed by atoms with Crippen molar-refractivity contribution in [1.82, 2.24) is 9.80 Å². The van der Waals surface area contributed by atoms with Crippen LogP contribution in [0.1, 0.15) is 98.5 Å². The summed E-state index contributed by atoms with van der Waals surface area (Å²) >= 11 is 0.